The number of alkyl halides is 5. The van der Waals surface area contributed by atoms with E-state index in [9.17, 15) is 26.7 Å². The zero-order valence-corrected chi connectivity index (χ0v) is 20.5. The van der Waals surface area contributed by atoms with Crippen LogP contribution in [0, 0.1) is 0 Å². The summed E-state index contributed by atoms with van der Waals surface area (Å²) in [4.78, 5) is 23.1. The molecule has 0 saturated heterocycles. The van der Waals surface area contributed by atoms with E-state index in [1.807, 2.05) is 6.92 Å². The SMILES string of the molecule is CCSc1cc(N(C)C(=O)OC(C)(C)C)cnc1-c1cc2cnn(CC(F)(F)C(F)(F)F)c2cn1. The molecule has 0 atom stereocenters. The number of pyridine rings is 2. The molecule has 7 nitrogen and oxygen atoms in total. The zero-order valence-electron chi connectivity index (χ0n) is 19.7. The Morgan fingerprint density at radius 3 is 2.37 bits per heavy atom. The molecule has 0 bridgehead atoms. The minimum Gasteiger partial charge on any atom is -0.443 e. The van der Waals surface area contributed by atoms with Crippen LogP contribution in [-0.2, 0) is 11.3 Å². The van der Waals surface area contributed by atoms with E-state index in [2.05, 4.69) is 15.1 Å². The number of aromatic nitrogens is 4. The number of hydrogen-bond acceptors (Lipinski definition) is 6. The normalized spacial score (nSPS) is 12.7. The van der Waals surface area contributed by atoms with E-state index in [1.165, 1.54) is 41.3 Å². The third kappa shape index (κ3) is 6.00. The van der Waals surface area contributed by atoms with E-state index in [0.29, 0.717) is 37.8 Å². The van der Waals surface area contributed by atoms with Gasteiger partial charge in [-0.15, -0.1) is 11.8 Å². The number of halogens is 5. The average molecular weight is 518 g/mol. The Labute approximate surface area is 202 Å². The van der Waals surface area contributed by atoms with Gasteiger partial charge in [-0.25, -0.2) is 4.79 Å². The monoisotopic (exact) mass is 517 g/mol. The van der Waals surface area contributed by atoms with Crippen molar-refractivity contribution in [1.29, 1.82) is 0 Å². The van der Waals surface area contributed by atoms with Crippen molar-refractivity contribution in [2.24, 2.45) is 0 Å². The van der Waals surface area contributed by atoms with Gasteiger partial charge >= 0.3 is 18.2 Å². The van der Waals surface area contributed by atoms with Crippen molar-refractivity contribution in [3.63, 3.8) is 0 Å². The van der Waals surface area contributed by atoms with Crippen LogP contribution in [0.2, 0.25) is 0 Å². The lowest BCUT2D eigenvalue weighted by Crippen LogP contribution is -2.40. The van der Waals surface area contributed by atoms with Gasteiger partial charge in [-0.2, -0.15) is 27.1 Å². The fourth-order valence-corrected chi connectivity index (χ4v) is 3.83. The first-order chi connectivity index (χ1) is 16.1. The quantitative estimate of drug-likeness (QED) is 0.288. The lowest BCUT2D eigenvalue weighted by molar-refractivity contribution is -0.287. The molecule has 13 heteroatoms. The number of rotatable bonds is 6. The van der Waals surface area contributed by atoms with Crippen molar-refractivity contribution >= 4 is 34.4 Å². The maximum Gasteiger partial charge on any atom is 0.455 e. The number of fused-ring (bicyclic) bond motifs is 1. The molecule has 0 spiro atoms. The molecule has 3 aromatic heterocycles. The number of thioether (sulfide) groups is 1. The van der Waals surface area contributed by atoms with Crippen LogP contribution in [0.1, 0.15) is 27.7 Å². The fraction of sp³-hybridized carbons (Fsp3) is 0.455. The lowest BCUT2D eigenvalue weighted by Gasteiger charge is -2.25. The van der Waals surface area contributed by atoms with Gasteiger partial charge in [0.25, 0.3) is 0 Å². The number of carbonyl (C=O) groups excluding carboxylic acids is 1. The first kappa shape index (κ1) is 26.6. The first-order valence-corrected chi connectivity index (χ1v) is 11.5. The van der Waals surface area contributed by atoms with E-state index in [4.69, 9.17) is 4.74 Å². The molecule has 0 aliphatic carbocycles. The summed E-state index contributed by atoms with van der Waals surface area (Å²) in [5.41, 5.74) is 0.689. The number of hydrogen-bond donors (Lipinski definition) is 0. The Bertz CT molecular complexity index is 1220. The molecule has 3 heterocycles. The van der Waals surface area contributed by atoms with E-state index < -0.39 is 30.3 Å². The predicted molar refractivity (Wildman–Crippen MR) is 123 cm³/mol. The molecule has 3 rings (SSSR count). The highest BCUT2D eigenvalue weighted by Crippen LogP contribution is 2.38. The van der Waals surface area contributed by atoms with Crippen LogP contribution in [0.4, 0.5) is 32.4 Å². The number of amides is 1. The average Bonchev–Trinajstić information content (AvgIpc) is 3.12. The second-order valence-corrected chi connectivity index (χ2v) is 9.95. The summed E-state index contributed by atoms with van der Waals surface area (Å²) < 4.78 is 70.8. The molecule has 3 aromatic rings. The van der Waals surface area contributed by atoms with Crippen molar-refractivity contribution in [2.75, 3.05) is 17.7 Å². The molecule has 0 aromatic carbocycles. The van der Waals surface area contributed by atoms with E-state index in [-0.39, 0.29) is 5.52 Å². The summed E-state index contributed by atoms with van der Waals surface area (Å²) >= 11 is 1.45. The van der Waals surface area contributed by atoms with Gasteiger partial charge < -0.3 is 4.74 Å². The van der Waals surface area contributed by atoms with Crippen LogP contribution >= 0.6 is 11.8 Å². The number of ether oxygens (including phenoxy) is 1. The van der Waals surface area contributed by atoms with Gasteiger partial charge in [-0.3, -0.25) is 19.5 Å². The Balaban J connectivity index is 1.94. The molecule has 35 heavy (non-hydrogen) atoms. The van der Waals surface area contributed by atoms with E-state index in [0.717, 1.165) is 0 Å². The molecule has 190 valence electrons. The Kier molecular flexibility index (Phi) is 7.30. The van der Waals surface area contributed by atoms with Gasteiger partial charge in [0.2, 0.25) is 0 Å². The second kappa shape index (κ2) is 9.59. The molecule has 0 saturated carbocycles. The first-order valence-electron chi connectivity index (χ1n) is 10.5. The summed E-state index contributed by atoms with van der Waals surface area (Å²) in [7, 11) is 1.56. The zero-order chi connectivity index (χ0) is 26.2. The van der Waals surface area contributed by atoms with E-state index in [1.54, 1.807) is 33.9 Å². The van der Waals surface area contributed by atoms with Gasteiger partial charge in [-0.1, -0.05) is 6.92 Å². The number of carbonyl (C=O) groups is 1. The molecular weight excluding hydrogens is 493 g/mol. The minimum absolute atomic E-state index is 0.0312. The van der Waals surface area contributed by atoms with Crippen LogP contribution in [0.25, 0.3) is 22.3 Å². The van der Waals surface area contributed by atoms with Crippen LogP contribution in [-0.4, -0.2) is 56.3 Å². The maximum atomic E-state index is 13.5. The highest BCUT2D eigenvalue weighted by atomic mass is 32.2. The highest BCUT2D eigenvalue weighted by Gasteiger charge is 2.57. The molecular formula is C22H24F5N5O2S. The van der Waals surface area contributed by atoms with Crippen LogP contribution < -0.4 is 4.90 Å². The molecule has 1 amide bonds. The van der Waals surface area contributed by atoms with Crippen molar-refractivity contribution in [1.82, 2.24) is 19.7 Å². The topological polar surface area (TPSA) is 73.1 Å². The minimum atomic E-state index is -5.69. The fourth-order valence-electron chi connectivity index (χ4n) is 3.02. The third-order valence-corrected chi connectivity index (χ3v) is 5.64. The van der Waals surface area contributed by atoms with Gasteiger partial charge in [0.05, 0.1) is 35.5 Å². The summed E-state index contributed by atoms with van der Waals surface area (Å²) in [5.74, 6) is -4.26. The second-order valence-electron chi connectivity index (χ2n) is 8.65. The van der Waals surface area contributed by atoms with Crippen molar-refractivity contribution in [3.8, 4) is 11.4 Å². The van der Waals surface area contributed by atoms with Crippen molar-refractivity contribution in [2.45, 2.75) is 56.8 Å². The summed E-state index contributed by atoms with van der Waals surface area (Å²) in [5, 5.41) is 4.02. The molecule has 0 N–H and O–H groups in total. The Hall–Kier alpha value is -2.96. The predicted octanol–water partition coefficient (Wildman–Crippen LogP) is 6.17. The van der Waals surface area contributed by atoms with Crippen molar-refractivity contribution < 1.29 is 31.5 Å². The summed E-state index contributed by atoms with van der Waals surface area (Å²) in [6.07, 6.45) is -2.39. The van der Waals surface area contributed by atoms with Crippen LogP contribution in [0.5, 0.6) is 0 Å². The molecule has 0 fully saturated rings. The Morgan fingerprint density at radius 2 is 1.77 bits per heavy atom. The molecule has 0 unspecified atom stereocenters. The van der Waals surface area contributed by atoms with Gasteiger partial charge in [0.1, 0.15) is 17.8 Å². The van der Waals surface area contributed by atoms with Crippen LogP contribution in [0.15, 0.2) is 35.6 Å². The summed E-state index contributed by atoms with van der Waals surface area (Å²) in [6, 6.07) is 3.27. The highest BCUT2D eigenvalue weighted by molar-refractivity contribution is 7.99. The largest absolute Gasteiger partial charge is 0.455 e. The Morgan fingerprint density at radius 1 is 1.09 bits per heavy atom. The van der Waals surface area contributed by atoms with Gasteiger partial charge in [-0.05, 0) is 38.7 Å². The molecule has 0 aliphatic heterocycles. The smallest absolute Gasteiger partial charge is 0.443 e. The standard InChI is InChI=1S/C22H24F5N5O2S/c1-6-35-17-8-14(31(5)19(33)34-20(2,3)4)10-29-18(17)15-7-13-9-30-32(16(13)11-28-15)12-21(23,24)22(25,26)27/h7-11H,6,12H2,1-5H3. The molecule has 0 radical (unpaired) electrons. The number of anilines is 1. The van der Waals surface area contributed by atoms with Crippen molar-refractivity contribution in [3.05, 3.63) is 30.7 Å². The van der Waals surface area contributed by atoms with Crippen LogP contribution in [0.3, 0.4) is 0 Å². The van der Waals surface area contributed by atoms with Gasteiger partial charge in [0, 0.05) is 17.3 Å². The van der Waals surface area contributed by atoms with E-state index >= 15 is 0 Å². The molecule has 0 aliphatic rings. The maximum absolute atomic E-state index is 13.5. The number of nitrogens with zero attached hydrogens (tertiary/aromatic N) is 5. The summed E-state index contributed by atoms with van der Waals surface area (Å²) in [6.45, 7) is 5.55. The van der Waals surface area contributed by atoms with Gasteiger partial charge in [0.15, 0.2) is 0 Å². The lowest BCUT2D eigenvalue weighted by atomic mass is 10.2. The third-order valence-electron chi connectivity index (χ3n) is 4.73.